The average molecular weight is 937 g/mol. The summed E-state index contributed by atoms with van der Waals surface area (Å²) in [6.45, 7) is -0.286. The Morgan fingerprint density at radius 2 is 0.766 bits per heavy atom. The Labute approximate surface area is 340 Å². The third-order valence-corrected chi connectivity index (χ3v) is 9.33. The second kappa shape index (κ2) is 18.0. The molecular formula is C37H12BF20N3O3. The summed E-state index contributed by atoms with van der Waals surface area (Å²) < 4.78 is 295. The Morgan fingerprint density at radius 1 is 0.484 bits per heavy atom. The van der Waals surface area contributed by atoms with Gasteiger partial charge in [-0.3, -0.25) is 19.9 Å². The number of rotatable bonds is 9. The lowest BCUT2D eigenvalue weighted by Crippen LogP contribution is -2.81. The molecule has 1 heterocycles. The van der Waals surface area contributed by atoms with Crippen LogP contribution >= 0.6 is 0 Å². The minimum Gasteiger partial charge on any atom is -0.287 e. The van der Waals surface area contributed by atoms with E-state index in [9.17, 15) is 67.6 Å². The number of Topliss-reactive ketones (excluding diaryl/α,β-unsaturated/α-hetero) is 1. The van der Waals surface area contributed by atoms with Gasteiger partial charge in [0.05, 0.1) is 6.20 Å². The van der Waals surface area contributed by atoms with Gasteiger partial charge in [-0.05, 0) is 0 Å². The van der Waals surface area contributed by atoms with Crippen LogP contribution in [0.4, 0.5) is 87.8 Å². The minimum atomic E-state index is -7.22. The first-order chi connectivity index (χ1) is 29.9. The minimum absolute atomic E-state index is 0.0652. The molecule has 0 N–H and O–H groups in total. The molecule has 0 aliphatic rings. The summed E-state index contributed by atoms with van der Waals surface area (Å²) in [5.74, 6) is -71.5. The molecule has 0 bridgehead atoms. The SMILES string of the molecule is Fc1c(F)c(F)c([B-](c2c(F)c(F)c(F)c(F)c2F)(c2c(F)c(F)c(F)c(F)c2F)c2c(F)c(F)c(F)c(F)c2F)c(F)c1F.O=C(C[n+]1ccncc1C[N+](=O)[O-])c1ccccc1. The van der Waals surface area contributed by atoms with Crippen LogP contribution in [0.5, 0.6) is 0 Å². The zero-order valence-electron chi connectivity index (χ0n) is 30.2. The number of benzene rings is 5. The molecule has 0 saturated carbocycles. The lowest BCUT2D eigenvalue weighted by atomic mass is 9.12. The Kier molecular flexibility index (Phi) is 13.5. The van der Waals surface area contributed by atoms with E-state index in [0.717, 1.165) is 0 Å². The van der Waals surface area contributed by atoms with Crippen LogP contribution in [0, 0.1) is 126 Å². The number of hydrogen-bond acceptors (Lipinski definition) is 4. The van der Waals surface area contributed by atoms with E-state index in [-0.39, 0.29) is 18.9 Å². The number of nitro groups is 1. The number of carbonyl (C=O) groups excluding carboxylic acids is 1. The van der Waals surface area contributed by atoms with E-state index in [4.69, 9.17) is 0 Å². The van der Waals surface area contributed by atoms with Crippen molar-refractivity contribution in [3.63, 3.8) is 0 Å². The van der Waals surface area contributed by atoms with Crippen LogP contribution in [0.1, 0.15) is 16.1 Å². The topological polar surface area (TPSA) is 77.0 Å². The molecule has 5 aromatic carbocycles. The third-order valence-electron chi connectivity index (χ3n) is 9.33. The molecule has 0 radical (unpaired) electrons. The molecule has 0 aliphatic heterocycles. The molecule has 336 valence electrons. The summed E-state index contributed by atoms with van der Waals surface area (Å²) in [4.78, 5) is 26.0. The van der Waals surface area contributed by atoms with Gasteiger partial charge in [0.1, 0.15) is 58.9 Å². The van der Waals surface area contributed by atoms with E-state index in [1.54, 1.807) is 35.0 Å². The maximum absolute atomic E-state index is 15.4. The molecule has 0 saturated heterocycles. The Hall–Kier alpha value is -7.09. The Bertz CT molecular complexity index is 2520. The fraction of sp³-hybridized carbons (Fsp3) is 0.0541. The summed E-state index contributed by atoms with van der Waals surface area (Å²) in [6.07, 6.45) is -2.74. The molecule has 6 nitrogen and oxygen atoms in total. The number of ketones is 1. The van der Waals surface area contributed by atoms with Crippen molar-refractivity contribution >= 4 is 33.8 Å². The van der Waals surface area contributed by atoms with E-state index in [1.165, 1.54) is 12.4 Å². The molecule has 0 spiro atoms. The van der Waals surface area contributed by atoms with Gasteiger partial charge in [0, 0.05) is 10.5 Å². The molecule has 6 aromatic rings. The van der Waals surface area contributed by atoms with Gasteiger partial charge < -0.3 is 0 Å². The normalized spacial score (nSPS) is 11.4. The quantitative estimate of drug-likeness (QED) is 0.0232. The van der Waals surface area contributed by atoms with Crippen LogP contribution in [0.2, 0.25) is 0 Å². The maximum atomic E-state index is 15.4. The number of carbonyl (C=O) groups is 1. The van der Waals surface area contributed by atoms with Crippen LogP contribution < -0.4 is 26.4 Å². The molecule has 0 amide bonds. The van der Waals surface area contributed by atoms with Gasteiger partial charge in [0.2, 0.25) is 12.3 Å². The highest BCUT2D eigenvalue weighted by Crippen LogP contribution is 2.30. The summed E-state index contributed by atoms with van der Waals surface area (Å²) in [5.41, 5.74) is -13.3. The first-order valence-corrected chi connectivity index (χ1v) is 16.6. The second-order valence-electron chi connectivity index (χ2n) is 12.8. The molecular weight excluding hydrogens is 925 g/mol. The first-order valence-electron chi connectivity index (χ1n) is 16.6. The molecule has 64 heavy (non-hydrogen) atoms. The summed E-state index contributed by atoms with van der Waals surface area (Å²) in [7, 11) is 0. The molecule has 1 aromatic heterocycles. The first kappa shape index (κ1) is 48.0. The number of hydrogen-bond donors (Lipinski definition) is 0. The number of halogens is 20. The van der Waals surface area contributed by atoms with E-state index in [0.29, 0.717) is 11.3 Å². The summed E-state index contributed by atoms with van der Waals surface area (Å²) >= 11 is 0. The third kappa shape index (κ3) is 7.71. The van der Waals surface area contributed by atoms with E-state index in [1.807, 2.05) is 6.07 Å². The predicted octanol–water partition coefficient (Wildman–Crippen LogP) is 6.87. The Balaban J connectivity index is 0.000000337. The van der Waals surface area contributed by atoms with Crippen molar-refractivity contribution in [1.29, 1.82) is 0 Å². The van der Waals surface area contributed by atoms with E-state index >= 15 is 35.1 Å². The van der Waals surface area contributed by atoms with Gasteiger partial charge in [-0.2, -0.15) is 4.57 Å². The predicted molar refractivity (Wildman–Crippen MR) is 175 cm³/mol. The van der Waals surface area contributed by atoms with Gasteiger partial charge in [-0.1, -0.05) is 30.3 Å². The van der Waals surface area contributed by atoms with E-state index in [2.05, 4.69) is 4.98 Å². The molecule has 0 unspecified atom stereocenters. The standard InChI is InChI=1S/C24BF20.C13H12N3O3/c26-5-1(6(27)14(35)21(42)13(5)34)25(2-7(28)15(36)22(43)16(37)8(2)29,3-9(30)17(38)23(44)18(39)10(3)31)4-11(32)19(40)24(45)20(41)12(4)33;17-13(11-4-2-1-3-5-11)10-15-7-6-14-8-12(15)9-16(18)19/h;1-8H,9-10H2/q-1;+1. The lowest BCUT2D eigenvalue weighted by molar-refractivity contribution is -0.704. The van der Waals surface area contributed by atoms with Crippen LogP contribution in [0.3, 0.4) is 0 Å². The zero-order valence-corrected chi connectivity index (χ0v) is 30.2. The van der Waals surface area contributed by atoms with Crippen molar-refractivity contribution in [2.24, 2.45) is 0 Å². The fourth-order valence-electron chi connectivity index (χ4n) is 6.58. The molecule has 0 fully saturated rings. The number of aromatic nitrogens is 2. The largest absolute Gasteiger partial charge is 0.287 e. The summed E-state index contributed by atoms with van der Waals surface area (Å²) in [5, 5.41) is 10.6. The molecule has 27 heteroatoms. The molecule has 0 atom stereocenters. The van der Waals surface area contributed by atoms with Gasteiger partial charge in [0.25, 0.3) is 12.2 Å². The van der Waals surface area contributed by atoms with Crippen molar-refractivity contribution in [2.45, 2.75) is 13.1 Å². The lowest BCUT2D eigenvalue weighted by Gasteiger charge is -2.44. The molecule has 0 aliphatic carbocycles. The summed E-state index contributed by atoms with van der Waals surface area (Å²) in [6, 6.07) is 8.83. The molecule has 6 rings (SSSR count). The highest BCUT2D eigenvalue weighted by atomic mass is 19.2. The van der Waals surface area contributed by atoms with Crippen molar-refractivity contribution in [3.05, 3.63) is 187 Å². The van der Waals surface area contributed by atoms with Crippen molar-refractivity contribution in [2.75, 3.05) is 0 Å². The van der Waals surface area contributed by atoms with Crippen LogP contribution in [-0.2, 0) is 13.1 Å². The van der Waals surface area contributed by atoms with Crippen molar-refractivity contribution in [3.8, 4) is 0 Å². The van der Waals surface area contributed by atoms with Gasteiger partial charge in [0.15, 0.2) is 76.0 Å². The van der Waals surface area contributed by atoms with E-state index < -0.39 is 149 Å². The highest BCUT2D eigenvalue weighted by molar-refractivity contribution is 7.20. The monoisotopic (exact) mass is 937 g/mol. The number of nitrogens with zero attached hydrogens (tertiary/aromatic N) is 3. The van der Waals surface area contributed by atoms with Gasteiger partial charge >= 0.3 is 0 Å². The van der Waals surface area contributed by atoms with Crippen LogP contribution in [0.25, 0.3) is 0 Å². The van der Waals surface area contributed by atoms with Gasteiger partial charge in [-0.25, -0.2) is 87.8 Å². The van der Waals surface area contributed by atoms with Crippen LogP contribution in [0.15, 0.2) is 48.9 Å². The Morgan fingerprint density at radius 3 is 1.05 bits per heavy atom. The van der Waals surface area contributed by atoms with Crippen molar-refractivity contribution < 1.29 is 102 Å². The maximum Gasteiger partial charge on any atom is 0.287 e. The highest BCUT2D eigenvalue weighted by Gasteiger charge is 2.52. The van der Waals surface area contributed by atoms with Crippen LogP contribution in [-0.4, -0.2) is 21.8 Å². The van der Waals surface area contributed by atoms with Crippen molar-refractivity contribution in [1.82, 2.24) is 4.98 Å². The fourth-order valence-corrected chi connectivity index (χ4v) is 6.58. The smallest absolute Gasteiger partial charge is 0.287 e. The second-order valence-corrected chi connectivity index (χ2v) is 12.8. The van der Waals surface area contributed by atoms with Gasteiger partial charge in [-0.15, -0.1) is 21.9 Å². The average Bonchev–Trinajstić information content (AvgIpc) is 3.27. The zero-order chi connectivity index (χ0) is 48.0.